The van der Waals surface area contributed by atoms with Crippen LogP contribution >= 0.6 is 11.3 Å². The zero-order valence-corrected chi connectivity index (χ0v) is 16.9. The number of hydrogen-bond donors (Lipinski definition) is 0. The average Bonchev–Trinajstić information content (AvgIpc) is 3.00. The van der Waals surface area contributed by atoms with E-state index in [1.807, 2.05) is 11.3 Å². The van der Waals surface area contributed by atoms with Crippen molar-refractivity contribution in [2.45, 2.75) is 27.7 Å². The highest BCUT2D eigenvalue weighted by Crippen LogP contribution is 2.44. The minimum Gasteiger partial charge on any atom is -0.246 e. The van der Waals surface area contributed by atoms with E-state index in [0.29, 0.717) is 0 Å². The van der Waals surface area contributed by atoms with Crippen molar-refractivity contribution in [2.75, 3.05) is 0 Å². The van der Waals surface area contributed by atoms with Crippen molar-refractivity contribution in [2.24, 2.45) is 0 Å². The number of aromatic nitrogens is 1. The lowest BCUT2D eigenvalue weighted by molar-refractivity contribution is 1.36. The van der Waals surface area contributed by atoms with Gasteiger partial charge in [-0.3, -0.25) is 0 Å². The number of nitrogens with zero attached hydrogens (tertiary/aromatic N) is 1. The van der Waals surface area contributed by atoms with Gasteiger partial charge in [-0.15, -0.1) is 11.3 Å². The van der Waals surface area contributed by atoms with Crippen molar-refractivity contribution in [1.29, 1.82) is 0 Å². The smallest absolute Gasteiger partial charge is 0.0888 e. The molecule has 0 bridgehead atoms. The minimum absolute atomic E-state index is 1.07. The first-order valence-electron chi connectivity index (χ1n) is 9.32. The van der Waals surface area contributed by atoms with Gasteiger partial charge in [0.05, 0.1) is 15.9 Å². The highest BCUT2D eigenvalue weighted by molar-refractivity contribution is 7.26. The molecule has 0 saturated carbocycles. The Morgan fingerprint density at radius 3 is 2.19 bits per heavy atom. The normalized spacial score (nSPS) is 11.7. The molecule has 2 heteroatoms. The standard InChI is InChI=1S/C25H21NS/c1-14-9-15(2)12-18(11-14)23-25-22(19-7-5-6-8-21(19)26-23)20-13-16(3)10-17(4)24(20)27-25/h5-13H,1-4H3. The van der Waals surface area contributed by atoms with Crippen LogP contribution in [-0.4, -0.2) is 4.98 Å². The minimum atomic E-state index is 1.07. The van der Waals surface area contributed by atoms with Gasteiger partial charge in [0.2, 0.25) is 0 Å². The van der Waals surface area contributed by atoms with Gasteiger partial charge in [0, 0.05) is 26.4 Å². The molecule has 2 aromatic heterocycles. The summed E-state index contributed by atoms with van der Waals surface area (Å²) in [6, 6.07) is 19.9. The molecule has 5 rings (SSSR count). The van der Waals surface area contributed by atoms with Gasteiger partial charge >= 0.3 is 0 Å². The summed E-state index contributed by atoms with van der Waals surface area (Å²) in [6.45, 7) is 8.72. The number of para-hydroxylation sites is 1. The second kappa shape index (κ2) is 5.90. The Morgan fingerprint density at radius 1 is 0.704 bits per heavy atom. The van der Waals surface area contributed by atoms with Crippen LogP contribution in [-0.2, 0) is 0 Å². The zero-order chi connectivity index (χ0) is 18.7. The monoisotopic (exact) mass is 367 g/mol. The van der Waals surface area contributed by atoms with Gasteiger partial charge in [-0.25, -0.2) is 4.98 Å². The lowest BCUT2D eigenvalue weighted by Crippen LogP contribution is -1.89. The quantitative estimate of drug-likeness (QED) is 0.299. The van der Waals surface area contributed by atoms with Crippen molar-refractivity contribution in [3.8, 4) is 11.3 Å². The lowest BCUT2D eigenvalue weighted by atomic mass is 9.99. The Morgan fingerprint density at radius 2 is 1.41 bits per heavy atom. The van der Waals surface area contributed by atoms with E-state index < -0.39 is 0 Å². The molecule has 0 saturated heterocycles. The van der Waals surface area contributed by atoms with E-state index in [1.165, 1.54) is 53.4 Å². The van der Waals surface area contributed by atoms with Crippen LogP contribution in [0.5, 0.6) is 0 Å². The molecular formula is C25H21NS. The Bertz CT molecular complexity index is 1340. The van der Waals surface area contributed by atoms with Crippen LogP contribution in [0, 0.1) is 27.7 Å². The maximum Gasteiger partial charge on any atom is 0.0888 e. The van der Waals surface area contributed by atoms with Crippen molar-refractivity contribution < 1.29 is 0 Å². The van der Waals surface area contributed by atoms with Gasteiger partial charge in [0.25, 0.3) is 0 Å². The summed E-state index contributed by atoms with van der Waals surface area (Å²) in [5.74, 6) is 0. The Balaban J connectivity index is 2.03. The molecular weight excluding hydrogens is 346 g/mol. The van der Waals surface area contributed by atoms with Crippen molar-refractivity contribution in [3.05, 3.63) is 76.9 Å². The molecule has 1 nitrogen and oxygen atoms in total. The summed E-state index contributed by atoms with van der Waals surface area (Å²) >= 11 is 1.88. The summed E-state index contributed by atoms with van der Waals surface area (Å²) in [4.78, 5) is 5.11. The van der Waals surface area contributed by atoms with E-state index >= 15 is 0 Å². The van der Waals surface area contributed by atoms with Crippen LogP contribution in [0.2, 0.25) is 0 Å². The SMILES string of the molecule is Cc1cc(C)cc(-c2nc3ccccc3c3c2sc2c(C)cc(C)cc23)c1. The van der Waals surface area contributed by atoms with Crippen LogP contribution in [0.4, 0.5) is 0 Å². The molecule has 0 radical (unpaired) electrons. The fraction of sp³-hybridized carbons (Fsp3) is 0.160. The van der Waals surface area contributed by atoms with E-state index in [1.54, 1.807) is 0 Å². The molecule has 0 N–H and O–H groups in total. The van der Waals surface area contributed by atoms with Crippen molar-refractivity contribution in [1.82, 2.24) is 4.98 Å². The molecule has 0 unspecified atom stereocenters. The second-order valence-electron chi connectivity index (χ2n) is 7.62. The molecule has 2 heterocycles. The molecule has 0 aliphatic rings. The van der Waals surface area contributed by atoms with Gasteiger partial charge < -0.3 is 0 Å². The topological polar surface area (TPSA) is 12.9 Å². The molecule has 0 spiro atoms. The third-order valence-corrected chi connectivity index (χ3v) is 6.58. The maximum absolute atomic E-state index is 5.11. The predicted molar refractivity (Wildman–Crippen MR) is 119 cm³/mol. The second-order valence-corrected chi connectivity index (χ2v) is 8.64. The number of pyridine rings is 1. The summed E-state index contributed by atoms with van der Waals surface area (Å²) < 4.78 is 2.67. The van der Waals surface area contributed by atoms with Crippen molar-refractivity contribution >= 4 is 42.4 Å². The van der Waals surface area contributed by atoms with Crippen LogP contribution in [0.1, 0.15) is 22.3 Å². The van der Waals surface area contributed by atoms with Crippen LogP contribution in [0.25, 0.3) is 42.3 Å². The molecule has 5 aromatic rings. The molecule has 0 atom stereocenters. The highest BCUT2D eigenvalue weighted by atomic mass is 32.1. The van der Waals surface area contributed by atoms with Gasteiger partial charge in [-0.2, -0.15) is 0 Å². The first kappa shape index (κ1) is 16.5. The summed E-state index contributed by atoms with van der Waals surface area (Å²) in [7, 11) is 0. The molecule has 27 heavy (non-hydrogen) atoms. The lowest BCUT2D eigenvalue weighted by Gasteiger charge is -2.09. The van der Waals surface area contributed by atoms with E-state index in [0.717, 1.165) is 11.2 Å². The number of benzene rings is 3. The number of thiophene rings is 1. The third kappa shape index (κ3) is 2.55. The number of hydrogen-bond acceptors (Lipinski definition) is 2. The van der Waals surface area contributed by atoms with Crippen LogP contribution in [0.3, 0.4) is 0 Å². The molecule has 0 amide bonds. The summed E-state index contributed by atoms with van der Waals surface area (Å²) in [5, 5.41) is 3.95. The fourth-order valence-electron chi connectivity index (χ4n) is 4.25. The zero-order valence-electron chi connectivity index (χ0n) is 16.1. The van der Waals surface area contributed by atoms with Crippen molar-refractivity contribution in [3.63, 3.8) is 0 Å². The average molecular weight is 368 g/mol. The van der Waals surface area contributed by atoms with Crippen LogP contribution in [0.15, 0.2) is 54.6 Å². The number of fused-ring (bicyclic) bond motifs is 5. The first-order chi connectivity index (χ1) is 13.0. The van der Waals surface area contributed by atoms with Gasteiger partial charge in [0.1, 0.15) is 0 Å². The van der Waals surface area contributed by atoms with Gasteiger partial charge in [0.15, 0.2) is 0 Å². The summed E-state index contributed by atoms with van der Waals surface area (Å²) in [5.41, 5.74) is 8.61. The fourth-order valence-corrected chi connectivity index (χ4v) is 5.52. The van der Waals surface area contributed by atoms with Gasteiger partial charge in [-0.1, -0.05) is 47.0 Å². The number of rotatable bonds is 1. The van der Waals surface area contributed by atoms with E-state index in [9.17, 15) is 0 Å². The molecule has 3 aromatic carbocycles. The van der Waals surface area contributed by atoms with E-state index in [-0.39, 0.29) is 0 Å². The Labute approximate surface area is 163 Å². The Kier molecular flexibility index (Phi) is 3.60. The summed E-state index contributed by atoms with van der Waals surface area (Å²) in [6.07, 6.45) is 0. The molecule has 0 fully saturated rings. The van der Waals surface area contributed by atoms with E-state index in [2.05, 4.69) is 82.3 Å². The van der Waals surface area contributed by atoms with Gasteiger partial charge in [-0.05, 0) is 57.5 Å². The predicted octanol–water partition coefficient (Wildman–Crippen LogP) is 7.50. The maximum atomic E-state index is 5.11. The molecule has 132 valence electrons. The number of aryl methyl sites for hydroxylation is 4. The third-order valence-electron chi connectivity index (χ3n) is 5.24. The molecule has 0 aliphatic carbocycles. The van der Waals surface area contributed by atoms with Crippen LogP contribution < -0.4 is 0 Å². The van der Waals surface area contributed by atoms with E-state index in [4.69, 9.17) is 4.98 Å². The first-order valence-corrected chi connectivity index (χ1v) is 10.1. The highest BCUT2D eigenvalue weighted by Gasteiger charge is 2.17. The Hall–Kier alpha value is -2.71. The largest absolute Gasteiger partial charge is 0.246 e. The molecule has 0 aliphatic heterocycles.